The number of nitrogens with one attached hydrogen (secondary N) is 1. The number of nitrogens with zero attached hydrogens (tertiary/aromatic N) is 1. The van der Waals surface area contributed by atoms with Crippen LogP contribution in [0.15, 0.2) is 66.7 Å². The number of hydrogen-bond acceptors (Lipinski definition) is 2. The normalized spacial score (nSPS) is 12.1. The third-order valence-corrected chi connectivity index (χ3v) is 4.95. The Bertz CT molecular complexity index is 1150. The lowest BCUT2D eigenvalue weighted by Gasteiger charge is -2.21. The molecule has 4 aromatic rings. The van der Waals surface area contributed by atoms with E-state index < -0.39 is 5.60 Å². The van der Waals surface area contributed by atoms with E-state index in [0.29, 0.717) is 0 Å². The van der Waals surface area contributed by atoms with Crippen molar-refractivity contribution in [2.45, 2.75) is 19.4 Å². The van der Waals surface area contributed by atoms with E-state index in [1.807, 2.05) is 66.7 Å². The number of imidazole rings is 1. The lowest BCUT2D eigenvalue weighted by molar-refractivity contribution is 0.0792. The van der Waals surface area contributed by atoms with E-state index in [2.05, 4.69) is 17.1 Å². The Labute approximate surface area is 169 Å². The summed E-state index contributed by atoms with van der Waals surface area (Å²) in [5.74, 6) is 0.790. The molecule has 0 amide bonds. The van der Waals surface area contributed by atoms with Gasteiger partial charge < -0.3 is 10.1 Å². The number of hydrogen-bond donors (Lipinski definition) is 2. The van der Waals surface area contributed by atoms with Gasteiger partial charge in [-0.1, -0.05) is 60.1 Å². The van der Waals surface area contributed by atoms with Crippen molar-refractivity contribution in [3.8, 4) is 11.1 Å². The molecule has 4 rings (SSSR count). The van der Waals surface area contributed by atoms with Gasteiger partial charge in [0.05, 0.1) is 16.6 Å². The zero-order valence-corrected chi connectivity index (χ0v) is 16.5. The molecule has 1 aromatic heterocycles. The van der Waals surface area contributed by atoms with Crippen LogP contribution in [-0.2, 0) is 5.60 Å². The second-order valence-electron chi connectivity index (χ2n) is 7.34. The number of rotatable bonds is 4. The highest BCUT2D eigenvalue weighted by Gasteiger charge is 2.20. The van der Waals surface area contributed by atoms with Crippen molar-refractivity contribution < 1.29 is 5.11 Å². The van der Waals surface area contributed by atoms with Crippen LogP contribution in [0.5, 0.6) is 0 Å². The monoisotopic (exact) mass is 388 g/mol. The fourth-order valence-electron chi connectivity index (χ4n) is 3.29. The Morgan fingerprint density at radius 2 is 1.71 bits per heavy atom. The standard InChI is InChI=1S/C24H21ClN2O/c1-24(2,28)20-6-4-3-5-19(20)17-10-13-21-22(15-17)27-23(26-21)14-9-16-7-11-18(25)12-8-16/h3-15,28H,1-2H3,(H,26,27)/b14-9+. The zero-order valence-electron chi connectivity index (χ0n) is 15.8. The van der Waals surface area contributed by atoms with E-state index in [1.165, 1.54) is 0 Å². The van der Waals surface area contributed by atoms with Gasteiger partial charge in [0.15, 0.2) is 0 Å². The molecule has 2 N–H and O–H groups in total. The fourth-order valence-corrected chi connectivity index (χ4v) is 3.42. The van der Waals surface area contributed by atoms with Gasteiger partial charge in [-0.3, -0.25) is 0 Å². The molecule has 28 heavy (non-hydrogen) atoms. The van der Waals surface area contributed by atoms with E-state index in [-0.39, 0.29) is 0 Å². The summed E-state index contributed by atoms with van der Waals surface area (Å²) in [6, 6.07) is 21.7. The molecule has 0 saturated carbocycles. The highest BCUT2D eigenvalue weighted by Crippen LogP contribution is 2.32. The number of aromatic amines is 1. The number of halogens is 1. The summed E-state index contributed by atoms with van der Waals surface area (Å²) in [5.41, 5.74) is 4.95. The zero-order chi connectivity index (χ0) is 19.7. The first-order valence-electron chi connectivity index (χ1n) is 9.16. The lowest BCUT2D eigenvalue weighted by Crippen LogP contribution is -2.16. The third kappa shape index (κ3) is 3.86. The summed E-state index contributed by atoms with van der Waals surface area (Å²) in [4.78, 5) is 8.02. The van der Waals surface area contributed by atoms with Crippen molar-refractivity contribution >= 4 is 34.8 Å². The summed E-state index contributed by atoms with van der Waals surface area (Å²) in [7, 11) is 0. The summed E-state index contributed by atoms with van der Waals surface area (Å²) >= 11 is 5.93. The van der Waals surface area contributed by atoms with E-state index in [9.17, 15) is 5.11 Å². The SMILES string of the molecule is CC(C)(O)c1ccccc1-c1ccc2[nH]c(/C=C/c3ccc(Cl)cc3)nc2c1. The maximum atomic E-state index is 10.5. The van der Waals surface area contributed by atoms with Gasteiger partial charge in [-0.15, -0.1) is 0 Å². The minimum absolute atomic E-state index is 0.722. The molecule has 0 atom stereocenters. The molecule has 3 nitrogen and oxygen atoms in total. The molecule has 0 fully saturated rings. The maximum absolute atomic E-state index is 10.5. The van der Waals surface area contributed by atoms with Gasteiger partial charge in [0.1, 0.15) is 5.82 Å². The van der Waals surface area contributed by atoms with Crippen LogP contribution in [-0.4, -0.2) is 15.1 Å². The topological polar surface area (TPSA) is 48.9 Å². The first-order valence-corrected chi connectivity index (χ1v) is 9.54. The van der Waals surface area contributed by atoms with Crippen molar-refractivity contribution in [3.05, 3.63) is 88.7 Å². The van der Waals surface area contributed by atoms with Crippen LogP contribution in [0.3, 0.4) is 0 Å². The number of aliphatic hydroxyl groups is 1. The second-order valence-corrected chi connectivity index (χ2v) is 7.78. The molecule has 0 spiro atoms. The van der Waals surface area contributed by atoms with Crippen LogP contribution >= 0.6 is 11.6 Å². The van der Waals surface area contributed by atoms with Crippen molar-refractivity contribution in [2.24, 2.45) is 0 Å². The van der Waals surface area contributed by atoms with Crippen molar-refractivity contribution in [2.75, 3.05) is 0 Å². The van der Waals surface area contributed by atoms with Gasteiger partial charge in [-0.05, 0) is 66.4 Å². The van der Waals surface area contributed by atoms with Crippen molar-refractivity contribution in [3.63, 3.8) is 0 Å². The lowest BCUT2D eigenvalue weighted by atomic mass is 9.89. The molecule has 0 saturated heterocycles. The second kappa shape index (κ2) is 7.27. The summed E-state index contributed by atoms with van der Waals surface area (Å²) in [6.07, 6.45) is 3.95. The largest absolute Gasteiger partial charge is 0.386 e. The maximum Gasteiger partial charge on any atom is 0.131 e. The summed E-state index contributed by atoms with van der Waals surface area (Å²) < 4.78 is 0. The Balaban J connectivity index is 1.69. The van der Waals surface area contributed by atoms with Crippen LogP contribution in [0.2, 0.25) is 5.02 Å². The molecule has 0 unspecified atom stereocenters. The van der Waals surface area contributed by atoms with Gasteiger partial charge in [-0.25, -0.2) is 4.98 Å². The van der Waals surface area contributed by atoms with Crippen molar-refractivity contribution in [1.82, 2.24) is 9.97 Å². The molecule has 0 aliphatic carbocycles. The number of H-pyrrole nitrogens is 1. The van der Waals surface area contributed by atoms with Crippen LogP contribution in [0.25, 0.3) is 34.3 Å². The van der Waals surface area contributed by atoms with E-state index in [1.54, 1.807) is 13.8 Å². The molecule has 3 aromatic carbocycles. The molecule has 4 heteroatoms. The highest BCUT2D eigenvalue weighted by molar-refractivity contribution is 6.30. The smallest absolute Gasteiger partial charge is 0.131 e. The van der Waals surface area contributed by atoms with Gasteiger partial charge in [-0.2, -0.15) is 0 Å². The van der Waals surface area contributed by atoms with Crippen molar-refractivity contribution in [1.29, 1.82) is 0 Å². The Kier molecular flexibility index (Phi) is 4.80. The number of benzene rings is 3. The average Bonchev–Trinajstić information content (AvgIpc) is 3.09. The average molecular weight is 389 g/mol. The summed E-state index contributed by atoms with van der Waals surface area (Å²) in [6.45, 7) is 3.61. The third-order valence-electron chi connectivity index (χ3n) is 4.70. The van der Waals surface area contributed by atoms with Gasteiger partial charge in [0, 0.05) is 5.02 Å². The van der Waals surface area contributed by atoms with Crippen LogP contribution in [0.1, 0.15) is 30.8 Å². The molecule has 0 aliphatic heterocycles. The first-order chi connectivity index (χ1) is 13.4. The predicted octanol–water partition coefficient (Wildman–Crippen LogP) is 6.28. The van der Waals surface area contributed by atoms with E-state index >= 15 is 0 Å². The molecule has 0 radical (unpaired) electrons. The van der Waals surface area contributed by atoms with E-state index in [4.69, 9.17) is 16.6 Å². The molecule has 1 heterocycles. The number of aromatic nitrogens is 2. The quantitative estimate of drug-likeness (QED) is 0.432. The fraction of sp³-hybridized carbons (Fsp3) is 0.125. The molecular formula is C24H21ClN2O. The molecule has 0 bridgehead atoms. The van der Waals surface area contributed by atoms with Crippen LogP contribution in [0, 0.1) is 0 Å². The van der Waals surface area contributed by atoms with Crippen LogP contribution in [0.4, 0.5) is 0 Å². The minimum atomic E-state index is -0.913. The Morgan fingerprint density at radius 1 is 0.964 bits per heavy atom. The highest BCUT2D eigenvalue weighted by atomic mass is 35.5. The number of fused-ring (bicyclic) bond motifs is 1. The molecular weight excluding hydrogens is 368 g/mol. The van der Waals surface area contributed by atoms with Gasteiger partial charge in [0.2, 0.25) is 0 Å². The van der Waals surface area contributed by atoms with Crippen LogP contribution < -0.4 is 0 Å². The Morgan fingerprint density at radius 3 is 2.46 bits per heavy atom. The van der Waals surface area contributed by atoms with Gasteiger partial charge in [0.25, 0.3) is 0 Å². The Hall–Kier alpha value is -2.88. The molecule has 0 aliphatic rings. The summed E-state index contributed by atoms with van der Waals surface area (Å²) in [5, 5.41) is 11.2. The van der Waals surface area contributed by atoms with E-state index in [0.717, 1.165) is 44.1 Å². The first kappa shape index (κ1) is 18.5. The van der Waals surface area contributed by atoms with Gasteiger partial charge >= 0.3 is 0 Å². The minimum Gasteiger partial charge on any atom is -0.386 e. The molecule has 140 valence electrons. The predicted molar refractivity (Wildman–Crippen MR) is 117 cm³/mol.